The van der Waals surface area contributed by atoms with Gasteiger partial charge in [0.25, 0.3) is 0 Å². The Bertz CT molecular complexity index is 1060. The van der Waals surface area contributed by atoms with Gasteiger partial charge in [0.15, 0.2) is 0 Å². The second kappa shape index (κ2) is 8.22. The SMILES string of the molecule is CCC1(CS(=O)(=O)N2CCC3(CCc4ccccc43)CC2)C(N2CCNC2=O)CC(C)C1(C)C. The van der Waals surface area contributed by atoms with Gasteiger partial charge in [0.2, 0.25) is 10.0 Å². The Balaban J connectivity index is 1.39. The van der Waals surface area contributed by atoms with Crippen molar-refractivity contribution in [3.63, 3.8) is 0 Å². The van der Waals surface area contributed by atoms with Crippen LogP contribution in [-0.2, 0) is 21.9 Å². The number of nitrogens with one attached hydrogen (secondary N) is 1. The minimum absolute atomic E-state index is 0.0371. The van der Waals surface area contributed by atoms with E-state index in [1.807, 2.05) is 4.90 Å². The predicted octanol–water partition coefficient (Wildman–Crippen LogP) is 4.15. The van der Waals surface area contributed by atoms with Crippen molar-refractivity contribution in [1.29, 1.82) is 0 Å². The van der Waals surface area contributed by atoms with E-state index in [0.29, 0.717) is 32.1 Å². The first kappa shape index (κ1) is 24.1. The molecule has 7 heteroatoms. The van der Waals surface area contributed by atoms with Crippen molar-refractivity contribution in [3.8, 4) is 0 Å². The summed E-state index contributed by atoms with van der Waals surface area (Å²) in [6.07, 6.45) is 5.66. The Morgan fingerprint density at radius 1 is 1.09 bits per heavy atom. The average Bonchev–Trinajstić information content (AvgIpc) is 3.44. The summed E-state index contributed by atoms with van der Waals surface area (Å²) in [7, 11) is -3.46. The third-order valence-corrected chi connectivity index (χ3v) is 12.6. The van der Waals surface area contributed by atoms with Crippen LogP contribution in [0.2, 0.25) is 0 Å². The second-order valence-electron chi connectivity index (χ2n) is 11.9. The Labute approximate surface area is 205 Å². The molecular formula is C27H41N3O3S. The van der Waals surface area contributed by atoms with E-state index in [2.05, 4.69) is 57.3 Å². The van der Waals surface area contributed by atoms with Gasteiger partial charge in [0, 0.05) is 37.6 Å². The Hall–Kier alpha value is -1.60. The molecule has 1 aromatic carbocycles. The number of hydrogen-bond acceptors (Lipinski definition) is 3. The van der Waals surface area contributed by atoms with Crippen LogP contribution in [0.4, 0.5) is 4.79 Å². The molecule has 1 N–H and O–H groups in total. The van der Waals surface area contributed by atoms with Crippen LogP contribution in [0.25, 0.3) is 0 Å². The van der Waals surface area contributed by atoms with Gasteiger partial charge in [-0.2, -0.15) is 0 Å². The van der Waals surface area contributed by atoms with Crippen LogP contribution in [0.15, 0.2) is 24.3 Å². The summed E-state index contributed by atoms with van der Waals surface area (Å²) in [6, 6.07) is 8.65. The fraction of sp³-hybridized carbons (Fsp3) is 0.741. The van der Waals surface area contributed by atoms with E-state index in [-0.39, 0.29) is 28.7 Å². The lowest BCUT2D eigenvalue weighted by atomic mass is 9.63. The molecule has 2 aliphatic carbocycles. The van der Waals surface area contributed by atoms with Crippen molar-refractivity contribution in [2.75, 3.05) is 31.9 Å². The first-order valence-electron chi connectivity index (χ1n) is 13.2. The number of piperidine rings is 1. The molecule has 2 aliphatic heterocycles. The van der Waals surface area contributed by atoms with E-state index in [4.69, 9.17) is 0 Å². The molecule has 3 fully saturated rings. The largest absolute Gasteiger partial charge is 0.336 e. The lowest BCUT2D eigenvalue weighted by molar-refractivity contribution is 0.0423. The number of benzene rings is 1. The number of carbonyl (C=O) groups excluding carboxylic acids is 1. The summed E-state index contributed by atoms with van der Waals surface area (Å²) in [5, 5.41) is 2.94. The molecule has 2 heterocycles. The van der Waals surface area contributed by atoms with E-state index in [1.165, 1.54) is 11.1 Å². The minimum atomic E-state index is -3.46. The number of rotatable bonds is 5. The summed E-state index contributed by atoms with van der Waals surface area (Å²) < 4.78 is 29.8. The lowest BCUT2D eigenvalue weighted by Gasteiger charge is -2.49. The average molecular weight is 488 g/mol. The van der Waals surface area contributed by atoms with E-state index < -0.39 is 15.4 Å². The third-order valence-electron chi connectivity index (χ3n) is 10.6. The van der Waals surface area contributed by atoms with Gasteiger partial charge >= 0.3 is 6.03 Å². The molecule has 0 radical (unpaired) electrons. The molecule has 3 atom stereocenters. The summed E-state index contributed by atoms with van der Waals surface area (Å²) in [5.74, 6) is 0.479. The molecule has 34 heavy (non-hydrogen) atoms. The van der Waals surface area contributed by atoms with Crippen LogP contribution >= 0.6 is 0 Å². The highest BCUT2D eigenvalue weighted by molar-refractivity contribution is 7.89. The van der Waals surface area contributed by atoms with Crippen molar-refractivity contribution >= 4 is 16.1 Å². The summed E-state index contributed by atoms with van der Waals surface area (Å²) >= 11 is 0. The number of nitrogens with zero attached hydrogens (tertiary/aromatic N) is 2. The summed E-state index contributed by atoms with van der Waals surface area (Å²) in [4.78, 5) is 14.6. The van der Waals surface area contributed by atoms with E-state index >= 15 is 0 Å². The third kappa shape index (κ3) is 3.44. The van der Waals surface area contributed by atoms with Gasteiger partial charge < -0.3 is 10.2 Å². The van der Waals surface area contributed by atoms with Crippen molar-refractivity contribution in [2.24, 2.45) is 16.7 Å². The molecule has 1 saturated carbocycles. The van der Waals surface area contributed by atoms with Crippen LogP contribution in [-0.4, -0.2) is 61.6 Å². The summed E-state index contributed by atoms with van der Waals surface area (Å²) in [5.41, 5.74) is 2.40. The molecule has 3 unspecified atom stereocenters. The maximum absolute atomic E-state index is 14.0. The molecule has 1 aromatic rings. The van der Waals surface area contributed by atoms with Crippen LogP contribution in [0, 0.1) is 16.7 Å². The highest BCUT2D eigenvalue weighted by atomic mass is 32.2. The highest BCUT2D eigenvalue weighted by Gasteiger charge is 2.62. The molecule has 2 saturated heterocycles. The van der Waals surface area contributed by atoms with Gasteiger partial charge in [0.1, 0.15) is 0 Å². The zero-order chi connectivity index (χ0) is 24.4. The van der Waals surface area contributed by atoms with Gasteiger partial charge in [-0.1, -0.05) is 52.0 Å². The van der Waals surface area contributed by atoms with Crippen molar-refractivity contribution < 1.29 is 13.2 Å². The van der Waals surface area contributed by atoms with Crippen LogP contribution in [0.1, 0.15) is 70.9 Å². The maximum atomic E-state index is 14.0. The van der Waals surface area contributed by atoms with Crippen molar-refractivity contribution in [1.82, 2.24) is 14.5 Å². The fourth-order valence-corrected chi connectivity index (χ4v) is 10.3. The first-order valence-corrected chi connectivity index (χ1v) is 14.8. The highest BCUT2D eigenvalue weighted by Crippen LogP contribution is 2.60. The van der Waals surface area contributed by atoms with E-state index in [9.17, 15) is 13.2 Å². The number of hydrogen-bond donors (Lipinski definition) is 1. The zero-order valence-corrected chi connectivity index (χ0v) is 22.1. The van der Waals surface area contributed by atoms with Crippen molar-refractivity contribution in [2.45, 2.75) is 77.7 Å². The lowest BCUT2D eigenvalue weighted by Crippen LogP contribution is -2.56. The number of amides is 2. The van der Waals surface area contributed by atoms with Gasteiger partial charge in [-0.05, 0) is 66.4 Å². The molecule has 0 aromatic heterocycles. The first-order chi connectivity index (χ1) is 16.1. The van der Waals surface area contributed by atoms with Gasteiger partial charge in [0.05, 0.1) is 5.75 Å². The monoisotopic (exact) mass is 487 g/mol. The standard InChI is InChI=1S/C27H41N3O3S/c1-5-27(23(18-20(2)25(27,3)4)30-17-14-28-24(30)31)19-34(32,33)29-15-12-26(13-16-29)11-10-21-8-6-7-9-22(21)26/h6-9,20,23H,5,10-19H2,1-4H3,(H,28,31). The van der Waals surface area contributed by atoms with Crippen molar-refractivity contribution in [3.05, 3.63) is 35.4 Å². The molecule has 2 amide bonds. The topological polar surface area (TPSA) is 69.7 Å². The van der Waals surface area contributed by atoms with Crippen LogP contribution in [0.5, 0.6) is 0 Å². The zero-order valence-electron chi connectivity index (χ0n) is 21.3. The number of carbonyl (C=O) groups is 1. The Morgan fingerprint density at radius 2 is 1.79 bits per heavy atom. The fourth-order valence-electron chi connectivity index (χ4n) is 7.95. The van der Waals surface area contributed by atoms with Gasteiger partial charge in [-0.15, -0.1) is 0 Å². The Morgan fingerprint density at radius 3 is 2.44 bits per heavy atom. The molecule has 5 rings (SSSR count). The molecule has 1 spiro atoms. The van der Waals surface area contributed by atoms with Gasteiger partial charge in [-0.3, -0.25) is 0 Å². The number of urea groups is 1. The molecule has 0 bridgehead atoms. The Kier molecular flexibility index (Phi) is 5.83. The van der Waals surface area contributed by atoms with Gasteiger partial charge in [-0.25, -0.2) is 17.5 Å². The molecule has 6 nitrogen and oxygen atoms in total. The number of fused-ring (bicyclic) bond motifs is 2. The van der Waals surface area contributed by atoms with Crippen LogP contribution in [0.3, 0.4) is 0 Å². The quantitative estimate of drug-likeness (QED) is 0.678. The van der Waals surface area contributed by atoms with E-state index in [1.54, 1.807) is 4.31 Å². The number of sulfonamides is 1. The summed E-state index contributed by atoms with van der Waals surface area (Å²) in [6.45, 7) is 11.3. The maximum Gasteiger partial charge on any atom is 0.317 e. The number of aryl methyl sites for hydroxylation is 1. The second-order valence-corrected chi connectivity index (χ2v) is 13.9. The molecule has 4 aliphatic rings. The molecule has 188 valence electrons. The molecular weight excluding hydrogens is 446 g/mol. The van der Waals surface area contributed by atoms with E-state index in [0.717, 1.165) is 38.5 Å². The minimum Gasteiger partial charge on any atom is -0.336 e. The normalized spacial score (nSPS) is 32.8. The predicted molar refractivity (Wildman–Crippen MR) is 135 cm³/mol. The smallest absolute Gasteiger partial charge is 0.317 e. The van der Waals surface area contributed by atoms with Crippen LogP contribution < -0.4 is 5.32 Å².